The highest BCUT2D eigenvalue weighted by atomic mass is 16.5. The van der Waals surface area contributed by atoms with Gasteiger partial charge < -0.3 is 10.1 Å². The first-order valence-corrected chi connectivity index (χ1v) is 6.23. The molecule has 0 radical (unpaired) electrons. The van der Waals surface area contributed by atoms with Crippen LogP contribution in [0.3, 0.4) is 0 Å². The van der Waals surface area contributed by atoms with Gasteiger partial charge in [0.15, 0.2) is 0 Å². The Morgan fingerprint density at radius 3 is 2.76 bits per heavy atom. The van der Waals surface area contributed by atoms with Gasteiger partial charge in [0.2, 0.25) is 0 Å². The molecule has 1 aliphatic rings. The molecule has 3 heteroatoms. The van der Waals surface area contributed by atoms with Crippen LogP contribution in [0.1, 0.15) is 25.3 Å². The Morgan fingerprint density at radius 1 is 1.41 bits per heavy atom. The lowest BCUT2D eigenvalue weighted by atomic mass is 9.89. The predicted octanol–water partition coefficient (Wildman–Crippen LogP) is 1.91. The molecular formula is C14H19NO2. The van der Waals surface area contributed by atoms with Gasteiger partial charge in [0.1, 0.15) is 5.54 Å². The molecule has 1 N–H and O–H groups in total. The van der Waals surface area contributed by atoms with E-state index >= 15 is 0 Å². The van der Waals surface area contributed by atoms with E-state index in [1.54, 1.807) is 0 Å². The molecule has 92 valence electrons. The van der Waals surface area contributed by atoms with Crippen molar-refractivity contribution >= 4 is 5.97 Å². The van der Waals surface area contributed by atoms with Crippen LogP contribution in [-0.2, 0) is 16.0 Å². The number of rotatable bonds is 4. The monoisotopic (exact) mass is 233 g/mol. The van der Waals surface area contributed by atoms with Gasteiger partial charge in [-0.1, -0.05) is 30.3 Å². The van der Waals surface area contributed by atoms with Gasteiger partial charge in [-0.05, 0) is 31.9 Å². The summed E-state index contributed by atoms with van der Waals surface area (Å²) in [6.07, 6.45) is 2.61. The van der Waals surface area contributed by atoms with Crippen LogP contribution in [0.2, 0.25) is 0 Å². The fourth-order valence-corrected chi connectivity index (χ4v) is 2.42. The van der Waals surface area contributed by atoms with Crippen LogP contribution >= 0.6 is 0 Å². The molecule has 1 fully saturated rings. The molecule has 1 heterocycles. The van der Waals surface area contributed by atoms with Crippen molar-refractivity contribution < 1.29 is 9.53 Å². The minimum absolute atomic E-state index is 0.110. The summed E-state index contributed by atoms with van der Waals surface area (Å²) in [7, 11) is 0. The predicted molar refractivity (Wildman–Crippen MR) is 66.7 cm³/mol. The maximum atomic E-state index is 12.1. The minimum atomic E-state index is -0.503. The first-order chi connectivity index (χ1) is 8.27. The lowest BCUT2D eigenvalue weighted by molar-refractivity contribution is -0.150. The van der Waals surface area contributed by atoms with E-state index in [0.29, 0.717) is 13.0 Å². The number of hydrogen-bond acceptors (Lipinski definition) is 3. The van der Waals surface area contributed by atoms with Gasteiger partial charge in [-0.2, -0.15) is 0 Å². The number of ether oxygens (including phenoxy) is 1. The van der Waals surface area contributed by atoms with E-state index < -0.39 is 5.54 Å². The van der Waals surface area contributed by atoms with Crippen LogP contribution < -0.4 is 5.32 Å². The van der Waals surface area contributed by atoms with E-state index in [0.717, 1.165) is 19.4 Å². The van der Waals surface area contributed by atoms with E-state index in [1.165, 1.54) is 5.56 Å². The Bertz CT molecular complexity index is 369. The van der Waals surface area contributed by atoms with E-state index in [1.807, 2.05) is 25.1 Å². The molecular weight excluding hydrogens is 214 g/mol. The summed E-state index contributed by atoms with van der Waals surface area (Å²) in [4.78, 5) is 12.1. The van der Waals surface area contributed by atoms with Gasteiger partial charge in [0.25, 0.3) is 0 Å². The average Bonchev–Trinajstić information content (AvgIpc) is 2.80. The zero-order valence-electron chi connectivity index (χ0n) is 10.2. The number of nitrogens with one attached hydrogen (secondary N) is 1. The van der Waals surface area contributed by atoms with Crippen molar-refractivity contribution in [3.05, 3.63) is 35.9 Å². The van der Waals surface area contributed by atoms with E-state index in [-0.39, 0.29) is 5.97 Å². The molecule has 1 saturated heterocycles. The topological polar surface area (TPSA) is 38.3 Å². The second-order valence-electron chi connectivity index (χ2n) is 4.50. The minimum Gasteiger partial charge on any atom is -0.465 e. The highest BCUT2D eigenvalue weighted by Crippen LogP contribution is 2.25. The van der Waals surface area contributed by atoms with Crippen LogP contribution in [0, 0.1) is 0 Å². The van der Waals surface area contributed by atoms with Gasteiger partial charge in [-0.25, -0.2) is 0 Å². The Kier molecular flexibility index (Phi) is 3.79. The Labute approximate surface area is 102 Å². The molecule has 0 aromatic heterocycles. The van der Waals surface area contributed by atoms with Gasteiger partial charge >= 0.3 is 5.97 Å². The van der Waals surface area contributed by atoms with Crippen LogP contribution in [0.25, 0.3) is 0 Å². The second kappa shape index (κ2) is 5.32. The number of benzene rings is 1. The first-order valence-electron chi connectivity index (χ1n) is 6.23. The second-order valence-corrected chi connectivity index (χ2v) is 4.50. The third-order valence-corrected chi connectivity index (χ3v) is 3.26. The highest BCUT2D eigenvalue weighted by Gasteiger charge is 2.42. The third kappa shape index (κ3) is 2.67. The van der Waals surface area contributed by atoms with Crippen molar-refractivity contribution in [2.24, 2.45) is 0 Å². The summed E-state index contributed by atoms with van der Waals surface area (Å²) >= 11 is 0. The molecule has 0 spiro atoms. The summed E-state index contributed by atoms with van der Waals surface area (Å²) in [5, 5.41) is 3.33. The SMILES string of the molecule is CCOC(=O)[C@]1(Cc2ccccc2)CCCN1. The van der Waals surface area contributed by atoms with Gasteiger partial charge in [0.05, 0.1) is 6.61 Å². The first kappa shape index (κ1) is 12.1. The fraction of sp³-hybridized carbons (Fsp3) is 0.500. The van der Waals surface area contributed by atoms with Crippen LogP contribution in [0.15, 0.2) is 30.3 Å². The smallest absolute Gasteiger partial charge is 0.326 e. The Balaban J connectivity index is 2.15. The molecule has 1 aromatic carbocycles. The summed E-state index contributed by atoms with van der Waals surface area (Å²) in [6.45, 7) is 3.19. The number of carbonyl (C=O) groups excluding carboxylic acids is 1. The molecule has 17 heavy (non-hydrogen) atoms. The normalized spacial score (nSPS) is 23.6. The van der Waals surface area contributed by atoms with Crippen molar-refractivity contribution in [1.29, 1.82) is 0 Å². The maximum absolute atomic E-state index is 12.1. The molecule has 1 aromatic rings. The Hall–Kier alpha value is -1.35. The largest absolute Gasteiger partial charge is 0.465 e. The zero-order valence-corrected chi connectivity index (χ0v) is 10.2. The number of carbonyl (C=O) groups is 1. The molecule has 1 atom stereocenters. The van der Waals surface area contributed by atoms with Crippen molar-refractivity contribution in [2.45, 2.75) is 31.7 Å². The lowest BCUT2D eigenvalue weighted by Crippen LogP contribution is -2.50. The molecule has 1 aliphatic heterocycles. The lowest BCUT2D eigenvalue weighted by Gasteiger charge is -2.27. The van der Waals surface area contributed by atoms with Gasteiger partial charge in [0, 0.05) is 6.42 Å². The maximum Gasteiger partial charge on any atom is 0.326 e. The van der Waals surface area contributed by atoms with Crippen molar-refractivity contribution in [3.8, 4) is 0 Å². The fourth-order valence-electron chi connectivity index (χ4n) is 2.42. The number of esters is 1. The van der Waals surface area contributed by atoms with Crippen molar-refractivity contribution in [2.75, 3.05) is 13.2 Å². The highest BCUT2D eigenvalue weighted by molar-refractivity contribution is 5.81. The number of hydrogen-bond donors (Lipinski definition) is 1. The standard InChI is InChI=1S/C14H19NO2/c1-2-17-13(16)14(9-6-10-15-14)11-12-7-4-3-5-8-12/h3-5,7-8,15H,2,6,9-11H2,1H3/t14-/m1/s1. The van der Waals surface area contributed by atoms with Crippen LogP contribution in [0.4, 0.5) is 0 Å². The van der Waals surface area contributed by atoms with Crippen molar-refractivity contribution in [3.63, 3.8) is 0 Å². The molecule has 0 bridgehead atoms. The summed E-state index contributed by atoms with van der Waals surface area (Å²) in [5.74, 6) is -0.110. The van der Waals surface area contributed by atoms with Crippen LogP contribution in [-0.4, -0.2) is 24.7 Å². The molecule has 0 aliphatic carbocycles. The summed E-state index contributed by atoms with van der Waals surface area (Å²) < 4.78 is 5.20. The van der Waals surface area contributed by atoms with E-state index in [2.05, 4.69) is 17.4 Å². The van der Waals surface area contributed by atoms with E-state index in [9.17, 15) is 4.79 Å². The summed E-state index contributed by atoms with van der Waals surface area (Å²) in [5.41, 5.74) is 0.673. The third-order valence-electron chi connectivity index (χ3n) is 3.26. The molecule has 0 saturated carbocycles. The van der Waals surface area contributed by atoms with Gasteiger partial charge in [-0.15, -0.1) is 0 Å². The van der Waals surface area contributed by atoms with Crippen LogP contribution in [0.5, 0.6) is 0 Å². The zero-order chi connectivity index (χ0) is 12.1. The molecule has 0 amide bonds. The van der Waals surface area contributed by atoms with E-state index in [4.69, 9.17) is 4.74 Å². The molecule has 2 rings (SSSR count). The van der Waals surface area contributed by atoms with Gasteiger partial charge in [-0.3, -0.25) is 4.79 Å². The molecule has 0 unspecified atom stereocenters. The Morgan fingerprint density at radius 2 is 2.18 bits per heavy atom. The molecule has 3 nitrogen and oxygen atoms in total. The summed E-state index contributed by atoms with van der Waals surface area (Å²) in [6, 6.07) is 10.1. The quantitative estimate of drug-likeness (QED) is 0.807. The van der Waals surface area contributed by atoms with Crippen molar-refractivity contribution in [1.82, 2.24) is 5.32 Å². The average molecular weight is 233 g/mol.